The van der Waals surface area contributed by atoms with E-state index in [1.807, 2.05) is 7.05 Å². The first-order valence-corrected chi connectivity index (χ1v) is 4.29. The van der Waals surface area contributed by atoms with Gasteiger partial charge in [0.25, 0.3) is 0 Å². The van der Waals surface area contributed by atoms with Gasteiger partial charge in [-0.15, -0.1) is 0 Å². The summed E-state index contributed by atoms with van der Waals surface area (Å²) in [5.74, 6) is 1.44. The Labute approximate surface area is 77.0 Å². The highest BCUT2D eigenvalue weighted by molar-refractivity contribution is 5.48. The van der Waals surface area contributed by atoms with Crippen LogP contribution in [0.3, 0.4) is 0 Å². The molecule has 0 spiro atoms. The summed E-state index contributed by atoms with van der Waals surface area (Å²) in [6.45, 7) is 1.99. The zero-order chi connectivity index (χ0) is 9.26. The molecule has 5 heteroatoms. The van der Waals surface area contributed by atoms with Crippen LogP contribution in [0.5, 0.6) is 0 Å². The second-order valence-electron chi connectivity index (χ2n) is 3.19. The van der Waals surface area contributed by atoms with E-state index < -0.39 is 0 Å². The van der Waals surface area contributed by atoms with Crippen LogP contribution in [-0.4, -0.2) is 36.1 Å². The molecule has 1 fully saturated rings. The number of anilines is 2. The smallest absolute Gasteiger partial charge is 0.134 e. The number of hydrogen-bond donors (Lipinski definition) is 2. The molecule has 1 aliphatic rings. The maximum absolute atomic E-state index is 5.55. The van der Waals surface area contributed by atoms with Crippen molar-refractivity contribution in [2.24, 2.45) is 0 Å². The van der Waals surface area contributed by atoms with E-state index in [2.05, 4.69) is 20.2 Å². The zero-order valence-corrected chi connectivity index (χ0v) is 7.57. The topological polar surface area (TPSA) is 67.1 Å². The van der Waals surface area contributed by atoms with Crippen LogP contribution in [0, 0.1) is 0 Å². The zero-order valence-electron chi connectivity index (χ0n) is 7.57. The quantitative estimate of drug-likeness (QED) is 0.638. The summed E-state index contributed by atoms with van der Waals surface area (Å²) < 4.78 is 0. The van der Waals surface area contributed by atoms with Gasteiger partial charge < -0.3 is 16.0 Å². The summed E-state index contributed by atoms with van der Waals surface area (Å²) in [5, 5.41) is 3.20. The molecule has 70 valence electrons. The van der Waals surface area contributed by atoms with E-state index in [0.29, 0.717) is 11.9 Å². The van der Waals surface area contributed by atoms with Crippen molar-refractivity contribution in [2.45, 2.75) is 6.04 Å². The van der Waals surface area contributed by atoms with Crippen LogP contribution < -0.4 is 16.0 Å². The van der Waals surface area contributed by atoms with Gasteiger partial charge in [0, 0.05) is 25.2 Å². The molecule has 1 aliphatic heterocycles. The average Bonchev–Trinajstić information content (AvgIpc) is 2.02. The Morgan fingerprint density at radius 1 is 1.54 bits per heavy atom. The molecule has 0 aromatic carbocycles. The molecule has 2 rings (SSSR count). The highest BCUT2D eigenvalue weighted by Crippen LogP contribution is 2.18. The first-order chi connectivity index (χ1) is 6.29. The van der Waals surface area contributed by atoms with Crippen molar-refractivity contribution in [1.29, 1.82) is 0 Å². The summed E-state index contributed by atoms with van der Waals surface area (Å²) in [6, 6.07) is 2.38. The van der Waals surface area contributed by atoms with Gasteiger partial charge >= 0.3 is 0 Å². The molecular formula is C8H13N5. The third-order valence-electron chi connectivity index (χ3n) is 2.29. The van der Waals surface area contributed by atoms with Crippen LogP contribution in [-0.2, 0) is 0 Å². The Hall–Kier alpha value is -1.36. The van der Waals surface area contributed by atoms with Crippen LogP contribution >= 0.6 is 0 Å². The molecule has 13 heavy (non-hydrogen) atoms. The minimum absolute atomic E-state index is 0.526. The average molecular weight is 179 g/mol. The standard InChI is InChI=1S/C8H13N5/c1-10-6-3-13(4-6)8-2-7(9)11-5-12-8/h2,5-6,10H,3-4H2,1H3,(H2,9,11,12). The van der Waals surface area contributed by atoms with E-state index >= 15 is 0 Å². The SMILES string of the molecule is CNC1CN(c2cc(N)ncn2)C1. The molecule has 1 aromatic rings. The van der Waals surface area contributed by atoms with Crippen LogP contribution in [0.15, 0.2) is 12.4 Å². The van der Waals surface area contributed by atoms with Crippen LogP contribution in [0.2, 0.25) is 0 Å². The summed E-state index contributed by atoms with van der Waals surface area (Å²) >= 11 is 0. The summed E-state index contributed by atoms with van der Waals surface area (Å²) in [7, 11) is 1.97. The molecule has 0 bridgehead atoms. The van der Waals surface area contributed by atoms with Crippen molar-refractivity contribution in [3.05, 3.63) is 12.4 Å². The Morgan fingerprint density at radius 2 is 2.31 bits per heavy atom. The number of hydrogen-bond acceptors (Lipinski definition) is 5. The Bertz CT molecular complexity index is 294. The van der Waals surface area contributed by atoms with Gasteiger partial charge in [0.15, 0.2) is 0 Å². The predicted molar refractivity (Wildman–Crippen MR) is 51.5 cm³/mol. The second-order valence-corrected chi connectivity index (χ2v) is 3.19. The first kappa shape index (κ1) is 8.25. The fourth-order valence-corrected chi connectivity index (χ4v) is 1.38. The molecule has 0 saturated carbocycles. The maximum Gasteiger partial charge on any atom is 0.134 e. The summed E-state index contributed by atoms with van der Waals surface area (Å²) in [6.07, 6.45) is 1.50. The third kappa shape index (κ3) is 1.55. The lowest BCUT2D eigenvalue weighted by atomic mass is 10.1. The van der Waals surface area contributed by atoms with Gasteiger partial charge in [-0.1, -0.05) is 0 Å². The first-order valence-electron chi connectivity index (χ1n) is 4.29. The van der Waals surface area contributed by atoms with Crippen molar-refractivity contribution < 1.29 is 0 Å². The molecule has 1 aromatic heterocycles. The Balaban J connectivity index is 2.03. The maximum atomic E-state index is 5.55. The fourth-order valence-electron chi connectivity index (χ4n) is 1.38. The molecule has 2 heterocycles. The van der Waals surface area contributed by atoms with E-state index in [-0.39, 0.29) is 0 Å². The molecule has 1 saturated heterocycles. The molecule has 0 aliphatic carbocycles. The minimum atomic E-state index is 0.526. The third-order valence-corrected chi connectivity index (χ3v) is 2.29. The molecular weight excluding hydrogens is 166 g/mol. The van der Waals surface area contributed by atoms with Gasteiger partial charge in [0.05, 0.1) is 0 Å². The van der Waals surface area contributed by atoms with E-state index in [1.165, 1.54) is 6.33 Å². The predicted octanol–water partition coefficient (Wildman–Crippen LogP) is -0.533. The highest BCUT2D eigenvalue weighted by Gasteiger charge is 2.25. The van der Waals surface area contributed by atoms with Gasteiger partial charge in [-0.3, -0.25) is 0 Å². The number of nitrogens with two attached hydrogens (primary N) is 1. The van der Waals surface area contributed by atoms with E-state index in [1.54, 1.807) is 6.07 Å². The van der Waals surface area contributed by atoms with Gasteiger partial charge in [-0.05, 0) is 7.05 Å². The molecule has 5 nitrogen and oxygen atoms in total. The van der Waals surface area contributed by atoms with Crippen molar-refractivity contribution in [3.63, 3.8) is 0 Å². The molecule has 0 radical (unpaired) electrons. The van der Waals surface area contributed by atoms with E-state index in [4.69, 9.17) is 5.73 Å². The van der Waals surface area contributed by atoms with Crippen LogP contribution in [0.25, 0.3) is 0 Å². The lowest BCUT2D eigenvalue weighted by Gasteiger charge is -2.39. The van der Waals surface area contributed by atoms with Gasteiger partial charge in [-0.2, -0.15) is 0 Å². The summed E-state index contributed by atoms with van der Waals surface area (Å²) in [5.41, 5.74) is 5.55. The van der Waals surface area contributed by atoms with Crippen molar-refractivity contribution >= 4 is 11.6 Å². The summed E-state index contributed by atoms with van der Waals surface area (Å²) in [4.78, 5) is 10.1. The second kappa shape index (κ2) is 3.18. The molecule has 0 unspecified atom stereocenters. The Kier molecular flexibility index (Phi) is 2.02. The lowest BCUT2D eigenvalue weighted by molar-refractivity contribution is 0.447. The van der Waals surface area contributed by atoms with Gasteiger partial charge in [-0.25, -0.2) is 9.97 Å². The minimum Gasteiger partial charge on any atom is -0.384 e. The lowest BCUT2D eigenvalue weighted by Crippen LogP contribution is -2.57. The molecule has 0 amide bonds. The number of likely N-dealkylation sites (N-methyl/N-ethyl adjacent to an activating group) is 1. The number of nitrogens with one attached hydrogen (secondary N) is 1. The van der Waals surface area contributed by atoms with E-state index in [9.17, 15) is 0 Å². The molecule has 0 atom stereocenters. The van der Waals surface area contributed by atoms with Gasteiger partial charge in [0.2, 0.25) is 0 Å². The Morgan fingerprint density at radius 3 is 2.92 bits per heavy atom. The van der Waals surface area contributed by atoms with Gasteiger partial charge in [0.1, 0.15) is 18.0 Å². The number of nitrogen functional groups attached to an aromatic ring is 1. The highest BCUT2D eigenvalue weighted by atomic mass is 15.3. The normalized spacial score (nSPS) is 17.2. The number of nitrogens with zero attached hydrogens (tertiary/aromatic N) is 3. The number of rotatable bonds is 2. The molecule has 3 N–H and O–H groups in total. The monoisotopic (exact) mass is 179 g/mol. The van der Waals surface area contributed by atoms with Crippen molar-refractivity contribution in [3.8, 4) is 0 Å². The van der Waals surface area contributed by atoms with Crippen molar-refractivity contribution in [1.82, 2.24) is 15.3 Å². The van der Waals surface area contributed by atoms with Crippen LogP contribution in [0.4, 0.5) is 11.6 Å². The van der Waals surface area contributed by atoms with E-state index in [0.717, 1.165) is 18.9 Å². The fraction of sp³-hybridized carbons (Fsp3) is 0.500. The largest absolute Gasteiger partial charge is 0.384 e. The number of aromatic nitrogens is 2. The van der Waals surface area contributed by atoms with Crippen molar-refractivity contribution in [2.75, 3.05) is 30.8 Å². The van der Waals surface area contributed by atoms with Crippen LogP contribution in [0.1, 0.15) is 0 Å².